The van der Waals surface area contributed by atoms with Crippen molar-refractivity contribution in [3.63, 3.8) is 0 Å². The van der Waals surface area contributed by atoms with Crippen LogP contribution in [0.4, 0.5) is 13.2 Å². The summed E-state index contributed by atoms with van der Waals surface area (Å²) in [7, 11) is 11.8. The molecule has 176 valence electrons. The van der Waals surface area contributed by atoms with Crippen LogP contribution in [0.5, 0.6) is 5.75 Å². The summed E-state index contributed by atoms with van der Waals surface area (Å²) in [5.41, 5.74) is -1.97. The summed E-state index contributed by atoms with van der Waals surface area (Å²) in [6, 6.07) is 9.62. The summed E-state index contributed by atoms with van der Waals surface area (Å²) in [6.07, 6.45) is -3.45. The molecule has 2 saturated heterocycles. The molecular weight excluding hydrogens is 474 g/mol. The van der Waals surface area contributed by atoms with Crippen LogP contribution in [0.3, 0.4) is 0 Å². The van der Waals surface area contributed by atoms with Gasteiger partial charge in [-0.3, -0.25) is 14.5 Å². The van der Waals surface area contributed by atoms with E-state index in [1.54, 1.807) is 23.2 Å². The number of ether oxygens (including phenoxy) is 4. The summed E-state index contributed by atoms with van der Waals surface area (Å²) in [5, 5.41) is 0.0704. The molecule has 2 aliphatic rings. The van der Waals surface area contributed by atoms with Crippen LogP contribution < -0.4 is 4.74 Å². The number of aromatic nitrogens is 1. The third-order valence-electron chi connectivity index (χ3n) is 5.50. The van der Waals surface area contributed by atoms with E-state index in [-0.39, 0.29) is 35.4 Å². The molecule has 2 aromatic rings. The Labute approximate surface area is 201 Å². The lowest BCUT2D eigenvalue weighted by molar-refractivity contribution is -0.325. The smallest absolute Gasteiger partial charge is 0.490 e. The number of nitrogens with zero attached hydrogens (tertiary/aromatic N) is 2. The lowest BCUT2D eigenvalue weighted by atomic mass is 9.76. The Morgan fingerprint density at radius 3 is 2.74 bits per heavy atom. The molecule has 0 saturated carbocycles. The van der Waals surface area contributed by atoms with Gasteiger partial charge in [0.1, 0.15) is 39.8 Å². The van der Waals surface area contributed by atoms with Gasteiger partial charge in [0, 0.05) is 24.7 Å². The van der Waals surface area contributed by atoms with Crippen molar-refractivity contribution in [3.8, 4) is 5.75 Å². The summed E-state index contributed by atoms with van der Waals surface area (Å²) in [5.74, 6) is -0.209. The zero-order valence-corrected chi connectivity index (χ0v) is 18.5. The fourth-order valence-corrected chi connectivity index (χ4v) is 4.30. The molecule has 1 aromatic heterocycles. The number of carbonyl (C=O) groups is 1. The lowest BCUT2D eigenvalue weighted by Gasteiger charge is -2.41. The Kier molecular flexibility index (Phi) is 6.87. The predicted molar refractivity (Wildman–Crippen MR) is 116 cm³/mol. The molecule has 4 radical (unpaired) electrons. The van der Waals surface area contributed by atoms with Gasteiger partial charge in [-0.2, -0.15) is 0 Å². The molecule has 2 unspecified atom stereocenters. The maximum atomic E-state index is 13.1. The van der Waals surface area contributed by atoms with Gasteiger partial charge in [-0.15, -0.1) is 13.2 Å². The maximum Gasteiger partial charge on any atom is 0.522 e. The Bertz CT molecular complexity index is 1050. The second kappa shape index (κ2) is 9.41. The van der Waals surface area contributed by atoms with Crippen LogP contribution in [-0.2, 0) is 19.8 Å². The zero-order valence-electron chi connectivity index (χ0n) is 17.8. The molecule has 0 N–H and O–H groups in total. The van der Waals surface area contributed by atoms with Gasteiger partial charge >= 0.3 is 6.36 Å². The molecule has 3 heterocycles. The minimum Gasteiger partial charge on any atom is -0.490 e. The van der Waals surface area contributed by atoms with Crippen molar-refractivity contribution in [2.75, 3.05) is 26.3 Å². The first-order valence-corrected chi connectivity index (χ1v) is 10.7. The molecule has 1 aromatic carbocycles. The van der Waals surface area contributed by atoms with E-state index in [9.17, 15) is 18.0 Å². The van der Waals surface area contributed by atoms with Crippen LogP contribution >= 0.6 is 11.6 Å². The van der Waals surface area contributed by atoms with Gasteiger partial charge in [0.05, 0.1) is 29.5 Å². The van der Waals surface area contributed by atoms with E-state index < -0.39 is 30.3 Å². The van der Waals surface area contributed by atoms with E-state index in [1.165, 1.54) is 18.2 Å². The molecule has 0 aliphatic carbocycles. The molecule has 0 bridgehead atoms. The third-order valence-corrected chi connectivity index (χ3v) is 5.79. The first-order chi connectivity index (χ1) is 16.0. The first kappa shape index (κ1) is 24.8. The highest BCUT2D eigenvalue weighted by Crippen LogP contribution is 2.46. The van der Waals surface area contributed by atoms with Crippen LogP contribution in [0.2, 0.25) is 5.02 Å². The molecule has 34 heavy (non-hydrogen) atoms. The number of halogens is 4. The van der Waals surface area contributed by atoms with E-state index in [4.69, 9.17) is 41.5 Å². The van der Waals surface area contributed by atoms with Crippen molar-refractivity contribution < 1.29 is 36.9 Å². The number of amides is 1. The second-order valence-corrected chi connectivity index (χ2v) is 8.23. The lowest BCUT2D eigenvalue weighted by Crippen LogP contribution is -2.53. The van der Waals surface area contributed by atoms with Gasteiger partial charge in [0.25, 0.3) is 5.91 Å². The number of piperidine rings is 1. The molecule has 4 rings (SSSR count). The highest BCUT2D eigenvalue weighted by Gasteiger charge is 2.57. The van der Waals surface area contributed by atoms with Gasteiger partial charge < -0.3 is 19.1 Å². The van der Waals surface area contributed by atoms with Crippen molar-refractivity contribution in [1.29, 1.82) is 0 Å². The van der Waals surface area contributed by atoms with Crippen molar-refractivity contribution in [2.45, 2.75) is 30.1 Å². The topological polar surface area (TPSA) is 70.1 Å². The Balaban J connectivity index is 1.44. The fourth-order valence-electron chi connectivity index (χ4n) is 4.07. The number of rotatable bonds is 6. The number of pyridine rings is 1. The third kappa shape index (κ3) is 5.35. The average molecular weight is 492 g/mol. The zero-order chi connectivity index (χ0) is 24.6. The van der Waals surface area contributed by atoms with Gasteiger partial charge in [0.2, 0.25) is 0 Å². The Morgan fingerprint density at radius 2 is 2.06 bits per heavy atom. The van der Waals surface area contributed by atoms with Gasteiger partial charge in [0.15, 0.2) is 0 Å². The van der Waals surface area contributed by atoms with Gasteiger partial charge in [-0.05, 0) is 30.3 Å². The molecule has 0 spiro atoms. The Morgan fingerprint density at radius 1 is 1.26 bits per heavy atom. The number of likely N-dealkylation sites (tertiary alicyclic amines) is 1. The summed E-state index contributed by atoms with van der Waals surface area (Å²) >= 11 is 6.17. The SMILES string of the molecule is [B]C1([B])OC2CN(C(=O)c3ccc(OCCOC(F)(F)F)c(Cl)c3)CCC2(c2ccccn2)O1. The van der Waals surface area contributed by atoms with Crippen molar-refractivity contribution in [3.05, 3.63) is 58.9 Å². The van der Waals surface area contributed by atoms with Crippen molar-refractivity contribution >= 4 is 33.2 Å². The van der Waals surface area contributed by atoms with Crippen LogP contribution in [-0.4, -0.2) is 75.8 Å². The van der Waals surface area contributed by atoms with E-state index in [0.717, 1.165) is 0 Å². The quantitative estimate of drug-likeness (QED) is 0.457. The molecule has 13 heteroatoms. The van der Waals surface area contributed by atoms with E-state index in [0.29, 0.717) is 18.7 Å². The number of benzene rings is 1. The number of hydrogen-bond acceptors (Lipinski definition) is 6. The molecule has 2 fully saturated rings. The first-order valence-electron chi connectivity index (χ1n) is 10.3. The van der Waals surface area contributed by atoms with Crippen LogP contribution in [0.15, 0.2) is 42.6 Å². The van der Waals surface area contributed by atoms with Gasteiger partial charge in [-0.1, -0.05) is 17.7 Å². The number of hydrogen-bond donors (Lipinski definition) is 0. The second-order valence-electron chi connectivity index (χ2n) is 7.82. The molecule has 2 atom stereocenters. The van der Waals surface area contributed by atoms with Crippen LogP contribution in [0.1, 0.15) is 22.5 Å². The minimum absolute atomic E-state index is 0.0704. The van der Waals surface area contributed by atoms with Crippen LogP contribution in [0.25, 0.3) is 0 Å². The Hall–Kier alpha value is -2.27. The summed E-state index contributed by atoms with van der Waals surface area (Å²) in [6.45, 7) is -0.626. The number of carbonyl (C=O) groups excluding carboxylic acids is 1. The average Bonchev–Trinajstić information content (AvgIpc) is 3.07. The van der Waals surface area contributed by atoms with Crippen LogP contribution in [0, 0.1) is 0 Å². The highest BCUT2D eigenvalue weighted by molar-refractivity contribution is 6.38. The van der Waals surface area contributed by atoms with E-state index in [1.807, 2.05) is 6.07 Å². The molecule has 7 nitrogen and oxygen atoms in total. The molecular formula is C21H18B2ClF3N2O5. The standard InChI is InChI=1S/C21H18B2ClF3N2O5/c22-20(23)33-17-12-29(8-6-19(17,34-20)16-3-1-2-7-28-16)18(30)13-4-5-15(14(24)11-13)31-9-10-32-21(25,26)27/h1-5,7,11,17H,6,8-10,12H2. The van der Waals surface area contributed by atoms with Crippen molar-refractivity contribution in [2.24, 2.45) is 0 Å². The molecule has 2 aliphatic heterocycles. The predicted octanol–water partition coefficient (Wildman–Crippen LogP) is 2.76. The molecule has 1 amide bonds. The van der Waals surface area contributed by atoms with E-state index in [2.05, 4.69) is 9.72 Å². The highest BCUT2D eigenvalue weighted by atomic mass is 35.5. The summed E-state index contributed by atoms with van der Waals surface area (Å²) < 4.78 is 56.6. The number of fused-ring (bicyclic) bond motifs is 1. The number of alkyl halides is 3. The van der Waals surface area contributed by atoms with Gasteiger partial charge in [-0.25, -0.2) is 0 Å². The fraction of sp³-hybridized carbons (Fsp3) is 0.429. The van der Waals surface area contributed by atoms with Crippen molar-refractivity contribution in [1.82, 2.24) is 9.88 Å². The normalized spacial score (nSPS) is 24.0. The largest absolute Gasteiger partial charge is 0.522 e. The van der Waals surface area contributed by atoms with E-state index >= 15 is 0 Å². The minimum atomic E-state index is -4.74. The maximum absolute atomic E-state index is 13.1. The summed E-state index contributed by atoms with van der Waals surface area (Å²) in [4.78, 5) is 19.1. The monoisotopic (exact) mass is 492 g/mol.